The fraction of sp³-hybridized carbons (Fsp3) is 0.312. The van der Waals surface area contributed by atoms with Gasteiger partial charge in [0.25, 0.3) is 0 Å². The van der Waals surface area contributed by atoms with Gasteiger partial charge in [-0.3, -0.25) is 0 Å². The number of aryl methyl sites for hydroxylation is 1. The van der Waals surface area contributed by atoms with E-state index in [1.807, 2.05) is 6.07 Å². The van der Waals surface area contributed by atoms with Crippen molar-refractivity contribution in [2.75, 3.05) is 13.1 Å². The number of nitrogens with zero attached hydrogens (tertiary/aromatic N) is 2. The van der Waals surface area contributed by atoms with Crippen LogP contribution in [-0.2, 0) is 13.0 Å². The van der Waals surface area contributed by atoms with Crippen molar-refractivity contribution in [3.05, 3.63) is 52.5 Å². The van der Waals surface area contributed by atoms with Crippen molar-refractivity contribution >= 4 is 22.4 Å². The summed E-state index contributed by atoms with van der Waals surface area (Å²) < 4.78 is 2.28. The van der Waals surface area contributed by atoms with Crippen LogP contribution in [0.4, 0.5) is 0 Å². The normalized spacial score (nSPS) is 11.2. The van der Waals surface area contributed by atoms with Gasteiger partial charge in [0.2, 0.25) is 0 Å². The largest absolute Gasteiger partial charge is 0.327 e. The summed E-state index contributed by atoms with van der Waals surface area (Å²) >= 11 is 1.76. The lowest BCUT2D eigenvalue weighted by molar-refractivity contribution is 0.598. The van der Waals surface area contributed by atoms with E-state index >= 15 is 0 Å². The van der Waals surface area contributed by atoms with Crippen LogP contribution in [0.1, 0.15) is 11.4 Å². The molecule has 2 heterocycles. The summed E-state index contributed by atoms with van der Waals surface area (Å²) in [5.74, 6) is 1.09. The van der Waals surface area contributed by atoms with E-state index in [2.05, 4.69) is 56.8 Å². The molecule has 20 heavy (non-hydrogen) atoms. The monoisotopic (exact) mass is 285 g/mol. The molecule has 0 spiro atoms. The lowest BCUT2D eigenvalue weighted by Gasteiger charge is -2.08. The maximum absolute atomic E-state index is 4.59. The highest BCUT2D eigenvalue weighted by molar-refractivity contribution is 7.07. The van der Waals surface area contributed by atoms with E-state index in [1.165, 1.54) is 11.1 Å². The maximum atomic E-state index is 4.59. The summed E-state index contributed by atoms with van der Waals surface area (Å²) in [6.07, 6.45) is 1.10. The van der Waals surface area contributed by atoms with Crippen molar-refractivity contribution in [2.24, 2.45) is 0 Å². The summed E-state index contributed by atoms with van der Waals surface area (Å²) in [6, 6.07) is 10.5. The Kier molecular flexibility index (Phi) is 4.14. The van der Waals surface area contributed by atoms with Gasteiger partial charge in [-0.2, -0.15) is 11.3 Å². The molecule has 0 saturated carbocycles. The van der Waals surface area contributed by atoms with Gasteiger partial charge < -0.3 is 9.88 Å². The SMILES string of the molecule is Cc1nc2ccccc2n1CCNCCc1ccsc1. The molecule has 4 heteroatoms. The van der Waals surface area contributed by atoms with Gasteiger partial charge >= 0.3 is 0 Å². The number of aromatic nitrogens is 2. The van der Waals surface area contributed by atoms with Gasteiger partial charge in [0.1, 0.15) is 5.82 Å². The molecular weight excluding hydrogens is 266 g/mol. The van der Waals surface area contributed by atoms with Crippen LogP contribution in [0.5, 0.6) is 0 Å². The van der Waals surface area contributed by atoms with E-state index in [-0.39, 0.29) is 0 Å². The quantitative estimate of drug-likeness (QED) is 0.705. The lowest BCUT2D eigenvalue weighted by Crippen LogP contribution is -2.22. The molecule has 3 rings (SSSR count). The smallest absolute Gasteiger partial charge is 0.106 e. The van der Waals surface area contributed by atoms with Crippen LogP contribution in [0.3, 0.4) is 0 Å². The summed E-state index contributed by atoms with van der Waals surface area (Å²) in [6.45, 7) is 5.05. The van der Waals surface area contributed by atoms with E-state index in [0.717, 1.165) is 37.4 Å². The molecule has 3 nitrogen and oxygen atoms in total. The molecule has 0 radical (unpaired) electrons. The summed E-state index contributed by atoms with van der Waals surface area (Å²) in [7, 11) is 0. The zero-order chi connectivity index (χ0) is 13.8. The second kappa shape index (κ2) is 6.20. The number of rotatable bonds is 6. The highest BCUT2D eigenvalue weighted by atomic mass is 32.1. The molecule has 0 fully saturated rings. The van der Waals surface area contributed by atoms with Crippen molar-refractivity contribution in [2.45, 2.75) is 19.9 Å². The molecule has 0 aliphatic rings. The molecule has 0 unspecified atom stereocenters. The Hall–Kier alpha value is -1.65. The molecule has 104 valence electrons. The Bertz CT molecular complexity index is 670. The van der Waals surface area contributed by atoms with Crippen LogP contribution < -0.4 is 5.32 Å². The minimum atomic E-state index is 0.968. The van der Waals surface area contributed by atoms with Crippen molar-refractivity contribution < 1.29 is 0 Å². The predicted molar refractivity (Wildman–Crippen MR) is 85.4 cm³/mol. The fourth-order valence-electron chi connectivity index (χ4n) is 2.46. The number of imidazole rings is 1. The highest BCUT2D eigenvalue weighted by Gasteiger charge is 2.05. The third-order valence-electron chi connectivity index (χ3n) is 3.53. The third-order valence-corrected chi connectivity index (χ3v) is 4.26. The second-order valence-electron chi connectivity index (χ2n) is 4.93. The minimum absolute atomic E-state index is 0.968. The standard InChI is InChI=1S/C16H19N3S/c1-13-18-15-4-2-3-5-16(15)19(13)10-9-17-8-6-14-7-11-20-12-14/h2-5,7,11-12,17H,6,8-10H2,1H3. The van der Waals surface area contributed by atoms with E-state index in [9.17, 15) is 0 Å². The molecule has 0 bridgehead atoms. The first-order valence-corrected chi connectivity index (χ1v) is 7.92. The Balaban J connectivity index is 1.53. The summed E-state index contributed by atoms with van der Waals surface area (Å²) in [5, 5.41) is 7.86. The highest BCUT2D eigenvalue weighted by Crippen LogP contribution is 2.14. The zero-order valence-corrected chi connectivity index (χ0v) is 12.5. The zero-order valence-electron chi connectivity index (χ0n) is 11.7. The van der Waals surface area contributed by atoms with Gasteiger partial charge in [-0.1, -0.05) is 12.1 Å². The topological polar surface area (TPSA) is 29.9 Å². The van der Waals surface area contributed by atoms with Crippen LogP contribution in [-0.4, -0.2) is 22.6 Å². The number of benzene rings is 1. The van der Waals surface area contributed by atoms with Crippen LogP contribution in [0.2, 0.25) is 0 Å². The van der Waals surface area contributed by atoms with E-state index in [4.69, 9.17) is 0 Å². The second-order valence-corrected chi connectivity index (χ2v) is 5.71. The molecule has 0 atom stereocenters. The van der Waals surface area contributed by atoms with Gasteiger partial charge in [-0.25, -0.2) is 4.98 Å². The Labute approximate surface area is 123 Å². The number of fused-ring (bicyclic) bond motifs is 1. The first-order chi connectivity index (χ1) is 9.84. The Morgan fingerprint density at radius 3 is 2.95 bits per heavy atom. The van der Waals surface area contributed by atoms with Gasteiger partial charge in [0.15, 0.2) is 0 Å². The minimum Gasteiger partial charge on any atom is -0.327 e. The molecule has 0 saturated heterocycles. The van der Waals surface area contributed by atoms with E-state index in [1.54, 1.807) is 11.3 Å². The number of hydrogen-bond donors (Lipinski definition) is 1. The number of para-hydroxylation sites is 2. The molecule has 1 N–H and O–H groups in total. The number of nitrogens with one attached hydrogen (secondary N) is 1. The average Bonchev–Trinajstić information content (AvgIpc) is 3.06. The molecular formula is C16H19N3S. The van der Waals surface area contributed by atoms with E-state index < -0.39 is 0 Å². The van der Waals surface area contributed by atoms with Crippen LogP contribution in [0, 0.1) is 6.92 Å². The molecule has 0 amide bonds. The van der Waals surface area contributed by atoms with Crippen molar-refractivity contribution in [1.29, 1.82) is 0 Å². The van der Waals surface area contributed by atoms with Crippen LogP contribution in [0.25, 0.3) is 11.0 Å². The molecule has 1 aromatic carbocycles. The number of thiophene rings is 1. The molecule has 3 aromatic rings. The summed E-state index contributed by atoms with van der Waals surface area (Å²) in [4.78, 5) is 4.59. The molecule has 2 aromatic heterocycles. The van der Waals surface area contributed by atoms with E-state index in [0.29, 0.717) is 0 Å². The molecule has 0 aliphatic heterocycles. The van der Waals surface area contributed by atoms with Crippen molar-refractivity contribution in [3.63, 3.8) is 0 Å². The lowest BCUT2D eigenvalue weighted by atomic mass is 10.2. The predicted octanol–water partition coefficient (Wildman–Crippen LogP) is 3.24. The first kappa shape index (κ1) is 13.3. The third kappa shape index (κ3) is 2.92. The average molecular weight is 285 g/mol. The molecule has 0 aliphatic carbocycles. The fourth-order valence-corrected chi connectivity index (χ4v) is 3.16. The van der Waals surface area contributed by atoms with Gasteiger partial charge in [0.05, 0.1) is 11.0 Å². The first-order valence-electron chi connectivity index (χ1n) is 6.98. The van der Waals surface area contributed by atoms with Gasteiger partial charge in [-0.05, 0) is 54.4 Å². The Morgan fingerprint density at radius 2 is 2.10 bits per heavy atom. The van der Waals surface area contributed by atoms with Gasteiger partial charge in [-0.15, -0.1) is 0 Å². The Morgan fingerprint density at radius 1 is 1.20 bits per heavy atom. The van der Waals surface area contributed by atoms with Crippen molar-refractivity contribution in [3.8, 4) is 0 Å². The maximum Gasteiger partial charge on any atom is 0.106 e. The van der Waals surface area contributed by atoms with Gasteiger partial charge in [0, 0.05) is 13.1 Å². The van der Waals surface area contributed by atoms with Crippen LogP contribution in [0.15, 0.2) is 41.1 Å². The van der Waals surface area contributed by atoms with Crippen molar-refractivity contribution in [1.82, 2.24) is 14.9 Å². The number of hydrogen-bond acceptors (Lipinski definition) is 3. The van der Waals surface area contributed by atoms with Crippen LogP contribution >= 0.6 is 11.3 Å². The summed E-state index contributed by atoms with van der Waals surface area (Å²) in [5.41, 5.74) is 3.74.